The molecule has 0 aromatic carbocycles. The number of rotatable bonds is 5. The van der Waals surface area contributed by atoms with Gasteiger partial charge >= 0.3 is 0 Å². The molecule has 0 spiro atoms. The maximum absolute atomic E-state index is 4.43. The lowest BCUT2D eigenvalue weighted by Gasteiger charge is -2.37. The summed E-state index contributed by atoms with van der Waals surface area (Å²) in [6, 6.07) is 0. The van der Waals surface area contributed by atoms with Crippen molar-refractivity contribution in [1.82, 2.24) is 0 Å². The highest BCUT2D eigenvalue weighted by Gasteiger charge is 2.30. The third-order valence-electron chi connectivity index (χ3n) is 7.96. The fraction of sp³-hybridized carbons (Fsp3) is 0.840. The molecule has 3 rings (SSSR count). The highest BCUT2D eigenvalue weighted by atomic mass is 14.4. The van der Waals surface area contributed by atoms with Gasteiger partial charge in [0.1, 0.15) is 0 Å². The zero-order chi connectivity index (χ0) is 17.6. The summed E-state index contributed by atoms with van der Waals surface area (Å²) in [7, 11) is 0. The first-order valence-corrected chi connectivity index (χ1v) is 11.5. The Kier molecular flexibility index (Phi) is 7.26. The fourth-order valence-electron chi connectivity index (χ4n) is 5.83. The van der Waals surface area contributed by atoms with E-state index < -0.39 is 0 Å². The summed E-state index contributed by atoms with van der Waals surface area (Å²) in [6.07, 6.45) is 23.7. The predicted octanol–water partition coefficient (Wildman–Crippen LogP) is 7.95. The molecule has 3 saturated carbocycles. The van der Waals surface area contributed by atoms with Crippen LogP contribution < -0.4 is 0 Å². The molecule has 0 atom stereocenters. The molecule has 0 amide bonds. The number of hydrogen-bond donors (Lipinski definition) is 0. The van der Waals surface area contributed by atoms with Gasteiger partial charge < -0.3 is 0 Å². The van der Waals surface area contributed by atoms with Gasteiger partial charge in [-0.2, -0.15) is 0 Å². The van der Waals surface area contributed by atoms with Crippen LogP contribution in [0.25, 0.3) is 0 Å². The smallest absolute Gasteiger partial charge is 0.0168 e. The molecule has 142 valence electrons. The minimum atomic E-state index is 0.779. The van der Waals surface area contributed by atoms with E-state index in [1.54, 1.807) is 0 Å². The molecule has 0 N–H and O–H groups in total. The summed E-state index contributed by atoms with van der Waals surface area (Å²) >= 11 is 0. The van der Waals surface area contributed by atoms with E-state index in [0.29, 0.717) is 0 Å². The molecule has 3 aliphatic carbocycles. The maximum Gasteiger partial charge on any atom is -0.0168 e. The van der Waals surface area contributed by atoms with Crippen molar-refractivity contribution >= 4 is 0 Å². The molecule has 3 fully saturated rings. The van der Waals surface area contributed by atoms with Crippen LogP contribution in [0.3, 0.4) is 0 Å². The SMILES string of the molecule is C=C(/C=C\CC1CCC(C)CC1)C1CCC(C2CCC(C)CC2)CC1. The number of allylic oxidation sites excluding steroid dienone is 3. The fourth-order valence-corrected chi connectivity index (χ4v) is 5.83. The predicted molar refractivity (Wildman–Crippen MR) is 111 cm³/mol. The van der Waals surface area contributed by atoms with E-state index in [9.17, 15) is 0 Å². The molecule has 0 saturated heterocycles. The van der Waals surface area contributed by atoms with E-state index in [0.717, 1.165) is 35.5 Å². The van der Waals surface area contributed by atoms with Crippen molar-refractivity contribution in [1.29, 1.82) is 0 Å². The van der Waals surface area contributed by atoms with Gasteiger partial charge in [0.05, 0.1) is 0 Å². The van der Waals surface area contributed by atoms with Gasteiger partial charge in [0.25, 0.3) is 0 Å². The zero-order valence-electron chi connectivity index (χ0n) is 17.0. The van der Waals surface area contributed by atoms with Crippen molar-refractivity contribution < 1.29 is 0 Å². The van der Waals surface area contributed by atoms with Gasteiger partial charge in [0, 0.05) is 0 Å². The van der Waals surface area contributed by atoms with Gasteiger partial charge in [0.2, 0.25) is 0 Å². The maximum atomic E-state index is 4.43. The summed E-state index contributed by atoms with van der Waals surface area (Å²) in [5.74, 6) is 5.77. The molecule has 0 aliphatic heterocycles. The van der Waals surface area contributed by atoms with Crippen LogP contribution in [0.5, 0.6) is 0 Å². The van der Waals surface area contributed by atoms with Crippen molar-refractivity contribution in [3.8, 4) is 0 Å². The van der Waals surface area contributed by atoms with Gasteiger partial charge in [-0.15, -0.1) is 0 Å². The van der Waals surface area contributed by atoms with Crippen LogP contribution >= 0.6 is 0 Å². The molecule has 0 nitrogen and oxygen atoms in total. The van der Waals surface area contributed by atoms with Crippen LogP contribution in [0.4, 0.5) is 0 Å². The first-order chi connectivity index (χ1) is 12.1. The normalized spacial score (nSPS) is 40.2. The van der Waals surface area contributed by atoms with Gasteiger partial charge in [-0.25, -0.2) is 0 Å². The molecular weight excluding hydrogens is 300 g/mol. The van der Waals surface area contributed by atoms with Crippen LogP contribution in [-0.4, -0.2) is 0 Å². The topological polar surface area (TPSA) is 0 Å². The highest BCUT2D eigenvalue weighted by molar-refractivity contribution is 5.18. The van der Waals surface area contributed by atoms with Crippen molar-refractivity contribution in [3.05, 3.63) is 24.3 Å². The molecule has 25 heavy (non-hydrogen) atoms. The standard InChI is InChI=1S/C25H42/c1-19-7-11-22(12-8-19)6-4-5-21(3)23-15-17-25(18-16-23)24-13-9-20(2)10-14-24/h4-5,19-20,22-25H,3,6-18H2,1-2H3/b5-4-. The van der Waals surface area contributed by atoms with Crippen LogP contribution in [0.15, 0.2) is 24.3 Å². The van der Waals surface area contributed by atoms with E-state index >= 15 is 0 Å². The van der Waals surface area contributed by atoms with Crippen LogP contribution in [0.2, 0.25) is 0 Å². The van der Waals surface area contributed by atoms with Gasteiger partial charge in [-0.05, 0) is 93.3 Å². The second kappa shape index (κ2) is 9.43. The van der Waals surface area contributed by atoms with E-state index in [1.807, 2.05) is 0 Å². The van der Waals surface area contributed by atoms with Crippen LogP contribution in [0, 0.1) is 35.5 Å². The zero-order valence-corrected chi connectivity index (χ0v) is 17.0. The van der Waals surface area contributed by atoms with Gasteiger partial charge in [-0.1, -0.05) is 63.8 Å². The van der Waals surface area contributed by atoms with Crippen molar-refractivity contribution in [2.24, 2.45) is 35.5 Å². The molecule has 0 unspecified atom stereocenters. The molecule has 0 heterocycles. The molecule has 0 aromatic heterocycles. The summed E-state index contributed by atoms with van der Waals surface area (Å²) in [5, 5.41) is 0. The lowest BCUT2D eigenvalue weighted by atomic mass is 9.68. The van der Waals surface area contributed by atoms with E-state index in [-0.39, 0.29) is 0 Å². The molecule has 0 bridgehead atoms. The molecule has 0 radical (unpaired) electrons. The summed E-state index contributed by atoms with van der Waals surface area (Å²) in [5.41, 5.74) is 1.43. The van der Waals surface area contributed by atoms with E-state index in [1.165, 1.54) is 89.0 Å². The molecule has 3 aliphatic rings. The lowest BCUT2D eigenvalue weighted by Crippen LogP contribution is -2.25. The average Bonchev–Trinajstić information content (AvgIpc) is 2.64. The largest absolute Gasteiger partial charge is 0.0956 e. The monoisotopic (exact) mass is 342 g/mol. The summed E-state index contributed by atoms with van der Waals surface area (Å²) in [4.78, 5) is 0. The van der Waals surface area contributed by atoms with Crippen molar-refractivity contribution in [3.63, 3.8) is 0 Å². The Bertz CT molecular complexity index is 421. The van der Waals surface area contributed by atoms with Crippen LogP contribution in [0.1, 0.15) is 97.3 Å². The summed E-state index contributed by atoms with van der Waals surface area (Å²) in [6.45, 7) is 9.29. The minimum absolute atomic E-state index is 0.779. The lowest BCUT2D eigenvalue weighted by molar-refractivity contribution is 0.159. The molecule has 0 heteroatoms. The quantitative estimate of drug-likeness (QED) is 0.445. The number of hydrogen-bond acceptors (Lipinski definition) is 0. The minimum Gasteiger partial charge on any atom is -0.0956 e. The Hall–Kier alpha value is -0.520. The Balaban J connectivity index is 1.36. The second-order valence-electron chi connectivity index (χ2n) is 9.97. The van der Waals surface area contributed by atoms with E-state index in [2.05, 4.69) is 32.6 Å². The Morgan fingerprint density at radius 2 is 1.20 bits per heavy atom. The van der Waals surface area contributed by atoms with E-state index in [4.69, 9.17) is 0 Å². The third kappa shape index (κ3) is 5.73. The van der Waals surface area contributed by atoms with Crippen molar-refractivity contribution in [2.45, 2.75) is 97.3 Å². The third-order valence-corrected chi connectivity index (χ3v) is 7.96. The Morgan fingerprint density at radius 1 is 0.720 bits per heavy atom. The highest BCUT2D eigenvalue weighted by Crippen LogP contribution is 2.42. The average molecular weight is 343 g/mol. The Labute approximate surface area is 157 Å². The van der Waals surface area contributed by atoms with Gasteiger partial charge in [0.15, 0.2) is 0 Å². The van der Waals surface area contributed by atoms with Crippen molar-refractivity contribution in [2.75, 3.05) is 0 Å². The van der Waals surface area contributed by atoms with Crippen LogP contribution in [-0.2, 0) is 0 Å². The first kappa shape index (κ1) is 19.2. The molecular formula is C25H42. The first-order valence-electron chi connectivity index (χ1n) is 11.5. The molecule has 0 aromatic rings. The second-order valence-corrected chi connectivity index (χ2v) is 9.97. The summed E-state index contributed by atoms with van der Waals surface area (Å²) < 4.78 is 0. The van der Waals surface area contributed by atoms with Gasteiger partial charge in [-0.3, -0.25) is 0 Å². The Morgan fingerprint density at radius 3 is 1.76 bits per heavy atom.